The van der Waals surface area contributed by atoms with Gasteiger partial charge >= 0.3 is 5.97 Å². The molecule has 0 amide bonds. The number of aryl methyl sites for hydroxylation is 2. The van der Waals surface area contributed by atoms with Gasteiger partial charge in [-0.1, -0.05) is 12.1 Å². The minimum atomic E-state index is -3.83. The highest BCUT2D eigenvalue weighted by Crippen LogP contribution is 2.46. The van der Waals surface area contributed by atoms with Crippen LogP contribution < -0.4 is 14.8 Å². The molecule has 0 saturated heterocycles. The summed E-state index contributed by atoms with van der Waals surface area (Å²) in [6.07, 6.45) is 0. The Morgan fingerprint density at radius 2 is 1.64 bits per heavy atom. The van der Waals surface area contributed by atoms with E-state index in [1.54, 1.807) is 0 Å². The summed E-state index contributed by atoms with van der Waals surface area (Å²) in [6, 6.07) is 10.3. The molecule has 7 nitrogen and oxygen atoms in total. The summed E-state index contributed by atoms with van der Waals surface area (Å²) in [6.45, 7) is 4.05. The summed E-state index contributed by atoms with van der Waals surface area (Å²) in [7, 11) is -2.57. The summed E-state index contributed by atoms with van der Waals surface area (Å²) in [4.78, 5) is 11.6. The standard InChI is InChI=1S/C20H18N2O5S/c1-10-4-12-6-16-17(7-13(12)5-11(10)2)27-18-9-14(28(25,26)21-3)8-15(20(23)24)19(18)22-16/h4-9,21-22H,1-3H3,(H,23,24). The van der Waals surface area contributed by atoms with Gasteiger partial charge in [0.2, 0.25) is 10.0 Å². The number of hydrogen-bond donors (Lipinski definition) is 3. The van der Waals surface area contributed by atoms with E-state index in [0.717, 1.165) is 28.0 Å². The first-order valence-corrected chi connectivity index (χ1v) is 10.0. The lowest BCUT2D eigenvalue weighted by molar-refractivity contribution is 0.0697. The summed E-state index contributed by atoms with van der Waals surface area (Å²) < 4.78 is 32.4. The second kappa shape index (κ2) is 6.22. The number of aromatic carboxylic acids is 1. The molecule has 1 aliphatic rings. The molecule has 0 unspecified atom stereocenters. The second-order valence-electron chi connectivity index (χ2n) is 6.72. The quantitative estimate of drug-likeness (QED) is 0.483. The summed E-state index contributed by atoms with van der Waals surface area (Å²) in [5, 5.41) is 14.6. The second-order valence-corrected chi connectivity index (χ2v) is 8.60. The van der Waals surface area contributed by atoms with Crippen LogP contribution in [0.5, 0.6) is 11.5 Å². The Kier molecular flexibility index (Phi) is 4.06. The van der Waals surface area contributed by atoms with Gasteiger partial charge in [0.1, 0.15) is 0 Å². The van der Waals surface area contributed by atoms with Gasteiger partial charge < -0.3 is 15.2 Å². The van der Waals surface area contributed by atoms with Crippen molar-refractivity contribution in [2.24, 2.45) is 0 Å². The first-order chi connectivity index (χ1) is 13.2. The van der Waals surface area contributed by atoms with E-state index in [2.05, 4.69) is 16.1 Å². The smallest absolute Gasteiger partial charge is 0.338 e. The minimum Gasteiger partial charge on any atom is -0.478 e. The molecular weight excluding hydrogens is 380 g/mol. The predicted molar refractivity (Wildman–Crippen MR) is 106 cm³/mol. The zero-order chi connectivity index (χ0) is 20.2. The van der Waals surface area contributed by atoms with E-state index in [4.69, 9.17) is 4.74 Å². The van der Waals surface area contributed by atoms with Crippen LogP contribution in [0.3, 0.4) is 0 Å². The molecule has 3 aromatic carbocycles. The highest BCUT2D eigenvalue weighted by molar-refractivity contribution is 7.89. The van der Waals surface area contributed by atoms with Crippen LogP contribution in [0.1, 0.15) is 21.5 Å². The number of benzene rings is 3. The molecule has 4 rings (SSSR count). The average molecular weight is 398 g/mol. The zero-order valence-corrected chi connectivity index (χ0v) is 16.3. The first kappa shape index (κ1) is 18.3. The molecule has 0 spiro atoms. The van der Waals surface area contributed by atoms with Crippen molar-refractivity contribution in [1.82, 2.24) is 4.72 Å². The third-order valence-corrected chi connectivity index (χ3v) is 6.31. The van der Waals surface area contributed by atoms with E-state index >= 15 is 0 Å². The van der Waals surface area contributed by atoms with Gasteiger partial charge in [-0.15, -0.1) is 0 Å². The van der Waals surface area contributed by atoms with Crippen molar-refractivity contribution in [2.45, 2.75) is 18.7 Å². The van der Waals surface area contributed by atoms with Crippen molar-refractivity contribution in [2.75, 3.05) is 12.4 Å². The molecule has 0 aromatic heterocycles. The number of hydrogen-bond acceptors (Lipinski definition) is 5. The largest absolute Gasteiger partial charge is 0.478 e. The third-order valence-electron chi connectivity index (χ3n) is 4.92. The Labute approximate surface area is 162 Å². The monoisotopic (exact) mass is 398 g/mol. The molecule has 28 heavy (non-hydrogen) atoms. The van der Waals surface area contributed by atoms with Crippen molar-refractivity contribution in [3.8, 4) is 11.5 Å². The number of carbonyl (C=O) groups is 1. The van der Waals surface area contributed by atoms with Crippen LogP contribution in [0, 0.1) is 13.8 Å². The van der Waals surface area contributed by atoms with E-state index in [9.17, 15) is 18.3 Å². The number of carboxylic acids is 1. The van der Waals surface area contributed by atoms with Gasteiger partial charge in [-0.05, 0) is 61.0 Å². The molecule has 0 bridgehead atoms. The molecule has 0 saturated carbocycles. The van der Waals surface area contributed by atoms with E-state index < -0.39 is 16.0 Å². The fourth-order valence-electron chi connectivity index (χ4n) is 3.23. The Bertz CT molecular complexity index is 1270. The van der Waals surface area contributed by atoms with Crippen LogP contribution in [-0.4, -0.2) is 26.5 Å². The topological polar surface area (TPSA) is 105 Å². The van der Waals surface area contributed by atoms with Crippen molar-refractivity contribution in [3.63, 3.8) is 0 Å². The molecule has 8 heteroatoms. The number of rotatable bonds is 3. The van der Waals surface area contributed by atoms with Gasteiger partial charge in [0.15, 0.2) is 11.5 Å². The molecule has 3 aromatic rings. The molecule has 0 radical (unpaired) electrons. The molecule has 0 atom stereocenters. The SMILES string of the molecule is CNS(=O)(=O)c1cc2c(c(C(=O)O)c1)Nc1cc3cc(C)c(C)cc3cc1O2. The van der Waals surface area contributed by atoms with E-state index in [0.29, 0.717) is 11.4 Å². The van der Waals surface area contributed by atoms with E-state index in [-0.39, 0.29) is 21.9 Å². The van der Waals surface area contributed by atoms with Crippen LogP contribution in [0.15, 0.2) is 41.3 Å². The maximum Gasteiger partial charge on any atom is 0.338 e. The number of fused-ring (bicyclic) bond motifs is 3. The van der Waals surface area contributed by atoms with Crippen molar-refractivity contribution < 1.29 is 23.1 Å². The lowest BCUT2D eigenvalue weighted by Gasteiger charge is -2.24. The maximum atomic E-state index is 12.2. The predicted octanol–water partition coefficient (Wildman–Crippen LogP) is 3.91. The number of anilines is 2. The van der Waals surface area contributed by atoms with Gasteiger partial charge in [0.25, 0.3) is 0 Å². The molecule has 0 fully saturated rings. The third kappa shape index (κ3) is 2.87. The van der Waals surface area contributed by atoms with Crippen LogP contribution in [0.4, 0.5) is 11.4 Å². The van der Waals surface area contributed by atoms with Crippen molar-refractivity contribution in [3.05, 3.63) is 53.1 Å². The fraction of sp³-hybridized carbons (Fsp3) is 0.150. The van der Waals surface area contributed by atoms with Gasteiger partial charge in [-0.2, -0.15) is 0 Å². The van der Waals surface area contributed by atoms with Crippen LogP contribution in [0.25, 0.3) is 10.8 Å². The number of ether oxygens (including phenoxy) is 1. The molecule has 144 valence electrons. The van der Waals surface area contributed by atoms with Gasteiger partial charge in [0.05, 0.1) is 21.8 Å². The summed E-state index contributed by atoms with van der Waals surface area (Å²) >= 11 is 0. The van der Waals surface area contributed by atoms with Crippen LogP contribution in [-0.2, 0) is 10.0 Å². The summed E-state index contributed by atoms with van der Waals surface area (Å²) in [5.74, 6) is -0.612. The average Bonchev–Trinajstić information content (AvgIpc) is 2.65. The van der Waals surface area contributed by atoms with Crippen LogP contribution in [0.2, 0.25) is 0 Å². The molecule has 3 N–H and O–H groups in total. The molecule has 1 aliphatic heterocycles. The molecule has 1 heterocycles. The Balaban J connectivity index is 1.91. The van der Waals surface area contributed by atoms with E-state index in [1.807, 2.05) is 32.0 Å². The van der Waals surface area contributed by atoms with Crippen LogP contribution >= 0.6 is 0 Å². The Hall–Kier alpha value is -3.10. The number of carboxylic acid groups (broad SMARTS) is 1. The molecule has 0 aliphatic carbocycles. The lowest BCUT2D eigenvalue weighted by Crippen LogP contribution is -2.20. The number of nitrogens with one attached hydrogen (secondary N) is 2. The Morgan fingerprint density at radius 3 is 2.25 bits per heavy atom. The minimum absolute atomic E-state index is 0.143. The highest BCUT2D eigenvalue weighted by atomic mass is 32.2. The zero-order valence-electron chi connectivity index (χ0n) is 15.5. The fourth-order valence-corrected chi connectivity index (χ4v) is 4.00. The normalized spacial score (nSPS) is 12.7. The maximum absolute atomic E-state index is 12.2. The van der Waals surface area contributed by atoms with Gasteiger partial charge in [-0.25, -0.2) is 17.9 Å². The van der Waals surface area contributed by atoms with Crippen molar-refractivity contribution >= 4 is 38.1 Å². The van der Waals surface area contributed by atoms with Gasteiger partial charge in [0, 0.05) is 6.07 Å². The molecular formula is C20H18N2O5S. The first-order valence-electron chi connectivity index (χ1n) is 8.54. The number of sulfonamides is 1. The van der Waals surface area contributed by atoms with E-state index in [1.165, 1.54) is 13.1 Å². The van der Waals surface area contributed by atoms with Crippen molar-refractivity contribution in [1.29, 1.82) is 0 Å². The lowest BCUT2D eigenvalue weighted by atomic mass is 10.0. The highest BCUT2D eigenvalue weighted by Gasteiger charge is 2.27. The van der Waals surface area contributed by atoms with Gasteiger partial charge in [-0.3, -0.25) is 0 Å². The summed E-state index contributed by atoms with van der Waals surface area (Å²) in [5.41, 5.74) is 2.95. The Morgan fingerprint density at radius 1 is 1.00 bits per heavy atom.